The molecule has 2 N–H and O–H groups in total. The van der Waals surface area contributed by atoms with Crippen LogP contribution in [0.15, 0.2) is 42.5 Å². The molecular formula is C14H11ClN2O4. The summed E-state index contributed by atoms with van der Waals surface area (Å²) in [5.74, 6) is -0.590. The molecule has 0 spiro atoms. The van der Waals surface area contributed by atoms with E-state index in [0.29, 0.717) is 5.02 Å². The number of non-ortho nitro benzene ring substituents is 1. The molecule has 0 heterocycles. The van der Waals surface area contributed by atoms with E-state index in [2.05, 4.69) is 0 Å². The quantitative estimate of drug-likeness (QED) is 0.678. The lowest BCUT2D eigenvalue weighted by atomic mass is 10.1. The maximum Gasteiger partial charge on any atom is 0.270 e. The summed E-state index contributed by atoms with van der Waals surface area (Å²) in [4.78, 5) is 21.5. The SMILES string of the molecule is NC(=O)c1cc([N+](=O)[O-])ccc1OCc1ccc(Cl)cc1. The van der Waals surface area contributed by atoms with Crippen molar-refractivity contribution in [1.82, 2.24) is 0 Å². The van der Waals surface area contributed by atoms with Gasteiger partial charge in [-0.05, 0) is 23.8 Å². The third-order valence-electron chi connectivity index (χ3n) is 2.75. The first-order valence-electron chi connectivity index (χ1n) is 5.93. The fourth-order valence-electron chi connectivity index (χ4n) is 1.69. The van der Waals surface area contributed by atoms with E-state index in [9.17, 15) is 14.9 Å². The van der Waals surface area contributed by atoms with Gasteiger partial charge in [0.05, 0.1) is 10.5 Å². The molecular weight excluding hydrogens is 296 g/mol. The number of nitrogens with two attached hydrogens (primary N) is 1. The Labute approximate surface area is 125 Å². The Morgan fingerprint density at radius 1 is 1.24 bits per heavy atom. The summed E-state index contributed by atoms with van der Waals surface area (Å²) in [7, 11) is 0. The molecule has 0 bridgehead atoms. The molecule has 1 amide bonds. The van der Waals surface area contributed by atoms with E-state index in [4.69, 9.17) is 22.1 Å². The van der Waals surface area contributed by atoms with Gasteiger partial charge in [0.25, 0.3) is 11.6 Å². The van der Waals surface area contributed by atoms with Gasteiger partial charge in [-0.1, -0.05) is 23.7 Å². The van der Waals surface area contributed by atoms with Crippen LogP contribution in [-0.2, 0) is 6.61 Å². The smallest absolute Gasteiger partial charge is 0.270 e. The molecule has 6 nitrogen and oxygen atoms in total. The number of nitro benzene ring substituents is 1. The van der Waals surface area contributed by atoms with Crippen molar-refractivity contribution in [1.29, 1.82) is 0 Å². The number of amides is 1. The number of ether oxygens (including phenoxy) is 1. The molecule has 0 aliphatic rings. The number of rotatable bonds is 5. The maximum absolute atomic E-state index is 11.4. The summed E-state index contributed by atoms with van der Waals surface area (Å²) in [6.07, 6.45) is 0. The van der Waals surface area contributed by atoms with Crippen molar-refractivity contribution in [3.05, 3.63) is 68.7 Å². The van der Waals surface area contributed by atoms with Crippen LogP contribution in [0.5, 0.6) is 5.75 Å². The van der Waals surface area contributed by atoms with Crippen LogP contribution >= 0.6 is 11.6 Å². The van der Waals surface area contributed by atoms with Gasteiger partial charge in [0.2, 0.25) is 0 Å². The highest BCUT2D eigenvalue weighted by molar-refractivity contribution is 6.30. The van der Waals surface area contributed by atoms with Crippen LogP contribution in [0.3, 0.4) is 0 Å². The molecule has 7 heteroatoms. The van der Waals surface area contributed by atoms with Crippen LogP contribution in [0.4, 0.5) is 5.69 Å². The highest BCUT2D eigenvalue weighted by atomic mass is 35.5. The second-order valence-electron chi connectivity index (χ2n) is 4.22. The fourth-order valence-corrected chi connectivity index (χ4v) is 1.82. The van der Waals surface area contributed by atoms with Gasteiger partial charge in [-0.25, -0.2) is 0 Å². The molecule has 0 aliphatic heterocycles. The number of nitro groups is 1. The lowest BCUT2D eigenvalue weighted by Gasteiger charge is -2.09. The van der Waals surface area contributed by atoms with Crippen molar-refractivity contribution < 1.29 is 14.5 Å². The molecule has 0 saturated heterocycles. The van der Waals surface area contributed by atoms with Gasteiger partial charge < -0.3 is 10.5 Å². The zero-order valence-electron chi connectivity index (χ0n) is 10.8. The zero-order valence-corrected chi connectivity index (χ0v) is 11.5. The highest BCUT2D eigenvalue weighted by Crippen LogP contribution is 2.24. The number of hydrogen-bond donors (Lipinski definition) is 1. The Hall–Kier alpha value is -2.60. The Morgan fingerprint density at radius 3 is 2.48 bits per heavy atom. The van der Waals surface area contributed by atoms with E-state index >= 15 is 0 Å². The lowest BCUT2D eigenvalue weighted by Crippen LogP contribution is -2.13. The van der Waals surface area contributed by atoms with Crippen molar-refractivity contribution in [3.63, 3.8) is 0 Å². The van der Waals surface area contributed by atoms with Crippen LogP contribution in [0.25, 0.3) is 0 Å². The molecule has 0 saturated carbocycles. The van der Waals surface area contributed by atoms with Crippen molar-refractivity contribution in [2.24, 2.45) is 5.73 Å². The van der Waals surface area contributed by atoms with E-state index in [0.717, 1.165) is 11.6 Å². The Balaban J connectivity index is 2.21. The van der Waals surface area contributed by atoms with Crippen molar-refractivity contribution in [3.8, 4) is 5.75 Å². The monoisotopic (exact) mass is 306 g/mol. The highest BCUT2D eigenvalue weighted by Gasteiger charge is 2.15. The number of halogens is 1. The van der Waals surface area contributed by atoms with Crippen LogP contribution in [0, 0.1) is 10.1 Å². The molecule has 0 unspecified atom stereocenters. The number of hydrogen-bond acceptors (Lipinski definition) is 4. The third kappa shape index (κ3) is 3.70. The van der Waals surface area contributed by atoms with E-state index in [1.807, 2.05) is 0 Å². The van der Waals surface area contributed by atoms with Crippen LogP contribution in [0.1, 0.15) is 15.9 Å². The van der Waals surface area contributed by atoms with Gasteiger partial charge >= 0.3 is 0 Å². The van der Waals surface area contributed by atoms with Crippen LogP contribution in [-0.4, -0.2) is 10.8 Å². The number of primary amides is 1. The molecule has 21 heavy (non-hydrogen) atoms. The summed E-state index contributed by atoms with van der Waals surface area (Å²) in [5, 5.41) is 11.3. The molecule has 108 valence electrons. The summed E-state index contributed by atoms with van der Waals surface area (Å²) in [5.41, 5.74) is 5.81. The minimum absolute atomic E-state index is 0.0295. The fraction of sp³-hybridized carbons (Fsp3) is 0.0714. The first-order valence-corrected chi connectivity index (χ1v) is 6.30. The molecule has 0 aliphatic carbocycles. The zero-order chi connectivity index (χ0) is 15.4. The topological polar surface area (TPSA) is 95.5 Å². The predicted octanol–water partition coefficient (Wildman–Crippen LogP) is 2.93. The average Bonchev–Trinajstić information content (AvgIpc) is 2.46. The minimum atomic E-state index is -0.787. The summed E-state index contributed by atoms with van der Waals surface area (Å²) in [6.45, 7) is 0.190. The van der Waals surface area contributed by atoms with E-state index in [1.165, 1.54) is 12.1 Å². The molecule has 0 atom stereocenters. The summed E-state index contributed by atoms with van der Waals surface area (Å²) >= 11 is 5.78. The van der Waals surface area contributed by atoms with E-state index < -0.39 is 10.8 Å². The van der Waals surface area contributed by atoms with E-state index in [1.54, 1.807) is 24.3 Å². The molecule has 2 aromatic rings. The largest absolute Gasteiger partial charge is 0.488 e. The second-order valence-corrected chi connectivity index (χ2v) is 4.65. The standard InChI is InChI=1S/C14H11ClN2O4/c15-10-3-1-9(2-4-10)8-21-13-6-5-11(17(19)20)7-12(13)14(16)18/h1-7H,8H2,(H2,16,18). The van der Waals surface area contributed by atoms with Gasteiger partial charge in [-0.2, -0.15) is 0 Å². The van der Waals surface area contributed by atoms with Crippen LogP contribution in [0.2, 0.25) is 5.02 Å². The van der Waals surface area contributed by atoms with Crippen molar-refractivity contribution >= 4 is 23.2 Å². The van der Waals surface area contributed by atoms with Gasteiger partial charge in [0, 0.05) is 17.2 Å². The van der Waals surface area contributed by atoms with Crippen LogP contribution < -0.4 is 10.5 Å². The number of nitrogens with zero attached hydrogens (tertiary/aromatic N) is 1. The first kappa shape index (κ1) is 14.8. The second kappa shape index (κ2) is 6.23. The Bertz CT molecular complexity index is 686. The van der Waals surface area contributed by atoms with Gasteiger partial charge in [-0.15, -0.1) is 0 Å². The molecule has 2 aromatic carbocycles. The molecule has 0 aromatic heterocycles. The van der Waals surface area contributed by atoms with Crippen molar-refractivity contribution in [2.45, 2.75) is 6.61 Å². The Morgan fingerprint density at radius 2 is 1.90 bits per heavy atom. The Kier molecular flexibility index (Phi) is 4.39. The molecule has 0 radical (unpaired) electrons. The van der Waals surface area contributed by atoms with Gasteiger partial charge in [-0.3, -0.25) is 14.9 Å². The van der Waals surface area contributed by atoms with Gasteiger partial charge in [0.15, 0.2) is 0 Å². The van der Waals surface area contributed by atoms with Gasteiger partial charge in [0.1, 0.15) is 12.4 Å². The number of benzene rings is 2. The summed E-state index contributed by atoms with van der Waals surface area (Å²) in [6, 6.07) is 10.7. The summed E-state index contributed by atoms with van der Waals surface area (Å²) < 4.78 is 5.49. The number of carbonyl (C=O) groups excluding carboxylic acids is 1. The lowest BCUT2D eigenvalue weighted by molar-refractivity contribution is -0.384. The molecule has 0 fully saturated rings. The average molecular weight is 307 g/mol. The van der Waals surface area contributed by atoms with E-state index in [-0.39, 0.29) is 23.6 Å². The maximum atomic E-state index is 11.4. The predicted molar refractivity (Wildman–Crippen MR) is 77.4 cm³/mol. The molecule has 2 rings (SSSR count). The normalized spacial score (nSPS) is 10.1. The third-order valence-corrected chi connectivity index (χ3v) is 3.00. The first-order chi connectivity index (χ1) is 9.97. The van der Waals surface area contributed by atoms with Crippen molar-refractivity contribution in [2.75, 3.05) is 0 Å². The number of carbonyl (C=O) groups is 1. The minimum Gasteiger partial charge on any atom is -0.488 e.